The Morgan fingerprint density at radius 2 is 2.00 bits per heavy atom. The summed E-state index contributed by atoms with van der Waals surface area (Å²) >= 11 is 0. The molecule has 0 aliphatic carbocycles. The third-order valence-electron chi connectivity index (χ3n) is 3.49. The molecule has 20 heavy (non-hydrogen) atoms. The van der Waals surface area contributed by atoms with E-state index in [4.69, 9.17) is 10.2 Å². The summed E-state index contributed by atoms with van der Waals surface area (Å²) in [5, 5.41) is 0. The second-order valence-electron chi connectivity index (χ2n) is 4.90. The van der Waals surface area contributed by atoms with Gasteiger partial charge in [-0.3, -0.25) is 4.79 Å². The van der Waals surface area contributed by atoms with Crippen LogP contribution in [0.15, 0.2) is 47.1 Å². The Hall–Kier alpha value is -2.07. The van der Waals surface area contributed by atoms with Crippen molar-refractivity contribution >= 4 is 5.91 Å². The third kappa shape index (κ3) is 3.08. The van der Waals surface area contributed by atoms with Crippen LogP contribution in [0.3, 0.4) is 0 Å². The van der Waals surface area contributed by atoms with Gasteiger partial charge in [0.15, 0.2) is 0 Å². The summed E-state index contributed by atoms with van der Waals surface area (Å²) in [4.78, 5) is 14.2. The molecule has 0 radical (unpaired) electrons. The highest BCUT2D eigenvalue weighted by atomic mass is 16.3. The minimum atomic E-state index is -0.298. The minimum Gasteiger partial charge on any atom is -0.469 e. The largest absolute Gasteiger partial charge is 0.469 e. The van der Waals surface area contributed by atoms with Gasteiger partial charge in [0.2, 0.25) is 5.91 Å². The number of hydrogen-bond acceptors (Lipinski definition) is 3. The summed E-state index contributed by atoms with van der Waals surface area (Å²) in [6, 6.07) is 11.5. The number of hydrogen-bond donors (Lipinski definition) is 1. The van der Waals surface area contributed by atoms with Crippen molar-refractivity contribution in [2.45, 2.75) is 19.4 Å². The molecule has 106 valence electrons. The molecule has 0 saturated heterocycles. The molecule has 1 atom stereocenters. The maximum atomic E-state index is 12.5. The van der Waals surface area contributed by atoms with Crippen LogP contribution >= 0.6 is 0 Å². The van der Waals surface area contributed by atoms with Gasteiger partial charge in [-0.05, 0) is 18.6 Å². The van der Waals surface area contributed by atoms with Crippen molar-refractivity contribution in [2.75, 3.05) is 13.6 Å². The Morgan fingerprint density at radius 1 is 1.30 bits per heavy atom. The van der Waals surface area contributed by atoms with Crippen LogP contribution in [0.4, 0.5) is 0 Å². The molecule has 2 aromatic rings. The van der Waals surface area contributed by atoms with E-state index in [1.807, 2.05) is 43.3 Å². The average Bonchev–Trinajstić information content (AvgIpc) is 2.86. The van der Waals surface area contributed by atoms with E-state index >= 15 is 0 Å². The molecule has 0 aliphatic heterocycles. The summed E-state index contributed by atoms with van der Waals surface area (Å²) in [6.07, 6.45) is 1.64. The summed E-state index contributed by atoms with van der Waals surface area (Å²) in [5.74, 6) is 0.571. The van der Waals surface area contributed by atoms with E-state index in [9.17, 15) is 4.79 Å². The smallest absolute Gasteiger partial charge is 0.231 e. The first-order chi connectivity index (χ1) is 9.63. The van der Waals surface area contributed by atoms with Crippen LogP contribution in [0.1, 0.15) is 22.8 Å². The zero-order valence-electron chi connectivity index (χ0n) is 11.9. The molecular formula is C16H20N2O2. The molecule has 1 unspecified atom stereocenters. The second kappa shape index (κ2) is 6.39. The molecule has 2 rings (SSSR count). The number of amides is 1. The third-order valence-corrected chi connectivity index (χ3v) is 3.49. The molecule has 2 N–H and O–H groups in total. The van der Waals surface area contributed by atoms with Gasteiger partial charge in [-0.2, -0.15) is 0 Å². The molecule has 1 aromatic heterocycles. The first-order valence-corrected chi connectivity index (χ1v) is 6.66. The van der Waals surface area contributed by atoms with Crippen molar-refractivity contribution in [2.24, 2.45) is 5.73 Å². The Labute approximate surface area is 119 Å². The number of nitrogens with zero attached hydrogens (tertiary/aromatic N) is 1. The monoisotopic (exact) mass is 272 g/mol. The second-order valence-corrected chi connectivity index (χ2v) is 4.90. The first kappa shape index (κ1) is 14.3. The number of aryl methyl sites for hydroxylation is 1. The lowest BCUT2D eigenvalue weighted by molar-refractivity contribution is -0.131. The van der Waals surface area contributed by atoms with E-state index in [0.717, 1.165) is 16.9 Å². The molecule has 4 heteroatoms. The topological polar surface area (TPSA) is 59.5 Å². The summed E-state index contributed by atoms with van der Waals surface area (Å²) in [7, 11) is 1.79. The van der Waals surface area contributed by atoms with Crippen molar-refractivity contribution in [3.63, 3.8) is 0 Å². The quantitative estimate of drug-likeness (QED) is 0.908. The van der Waals surface area contributed by atoms with Crippen molar-refractivity contribution in [3.05, 3.63) is 59.5 Å². The van der Waals surface area contributed by atoms with Gasteiger partial charge in [0, 0.05) is 25.7 Å². The van der Waals surface area contributed by atoms with Gasteiger partial charge in [0.1, 0.15) is 5.76 Å². The number of carbonyl (C=O) groups excluding carboxylic acids is 1. The fourth-order valence-electron chi connectivity index (χ4n) is 2.24. The number of carbonyl (C=O) groups is 1. The fraction of sp³-hybridized carbons (Fsp3) is 0.312. The van der Waals surface area contributed by atoms with Gasteiger partial charge in [-0.1, -0.05) is 30.3 Å². The Bertz CT molecular complexity index is 563. The van der Waals surface area contributed by atoms with E-state index in [-0.39, 0.29) is 11.8 Å². The van der Waals surface area contributed by atoms with Gasteiger partial charge in [0.25, 0.3) is 0 Å². The fourth-order valence-corrected chi connectivity index (χ4v) is 2.24. The minimum absolute atomic E-state index is 0.0271. The first-order valence-electron chi connectivity index (χ1n) is 6.66. The van der Waals surface area contributed by atoms with Crippen LogP contribution in [0.25, 0.3) is 0 Å². The van der Waals surface area contributed by atoms with Crippen LogP contribution in [-0.4, -0.2) is 24.4 Å². The van der Waals surface area contributed by atoms with Crippen LogP contribution < -0.4 is 5.73 Å². The van der Waals surface area contributed by atoms with Crippen LogP contribution in [0.5, 0.6) is 0 Å². The summed E-state index contributed by atoms with van der Waals surface area (Å²) < 4.78 is 5.25. The number of nitrogens with two attached hydrogens (primary N) is 1. The van der Waals surface area contributed by atoms with E-state index in [1.165, 1.54) is 0 Å². The molecule has 4 nitrogen and oxygen atoms in total. The van der Waals surface area contributed by atoms with Crippen LogP contribution in [0.2, 0.25) is 0 Å². The summed E-state index contributed by atoms with van der Waals surface area (Å²) in [5.41, 5.74) is 7.75. The number of benzene rings is 1. The SMILES string of the molecule is Cc1occc1CN(C)C(=O)C(CN)c1ccccc1. The molecule has 0 fully saturated rings. The van der Waals surface area contributed by atoms with E-state index < -0.39 is 0 Å². The van der Waals surface area contributed by atoms with E-state index in [1.54, 1.807) is 18.2 Å². The molecule has 0 bridgehead atoms. The maximum absolute atomic E-state index is 12.5. The highest BCUT2D eigenvalue weighted by molar-refractivity contribution is 5.83. The predicted molar refractivity (Wildman–Crippen MR) is 78.2 cm³/mol. The van der Waals surface area contributed by atoms with E-state index in [0.29, 0.717) is 13.1 Å². The highest BCUT2D eigenvalue weighted by Gasteiger charge is 2.23. The van der Waals surface area contributed by atoms with Crippen LogP contribution in [0, 0.1) is 6.92 Å². The number of likely N-dealkylation sites (N-methyl/N-ethyl adjacent to an activating group) is 1. The van der Waals surface area contributed by atoms with Crippen molar-refractivity contribution in [1.29, 1.82) is 0 Å². The van der Waals surface area contributed by atoms with Gasteiger partial charge in [0.05, 0.1) is 12.2 Å². The molecule has 0 spiro atoms. The van der Waals surface area contributed by atoms with Crippen molar-refractivity contribution in [1.82, 2.24) is 4.90 Å². The number of rotatable bonds is 5. The Morgan fingerprint density at radius 3 is 2.55 bits per heavy atom. The van der Waals surface area contributed by atoms with Gasteiger partial charge >= 0.3 is 0 Å². The van der Waals surface area contributed by atoms with Crippen molar-refractivity contribution in [3.8, 4) is 0 Å². The Balaban J connectivity index is 2.11. The average molecular weight is 272 g/mol. The lowest BCUT2D eigenvalue weighted by Gasteiger charge is -2.23. The lowest BCUT2D eigenvalue weighted by atomic mass is 9.98. The van der Waals surface area contributed by atoms with Crippen LogP contribution in [-0.2, 0) is 11.3 Å². The normalized spacial score (nSPS) is 12.2. The van der Waals surface area contributed by atoms with Crippen molar-refractivity contribution < 1.29 is 9.21 Å². The molecule has 1 aromatic carbocycles. The van der Waals surface area contributed by atoms with Gasteiger partial charge in [-0.15, -0.1) is 0 Å². The predicted octanol–water partition coefficient (Wildman–Crippen LogP) is 2.29. The van der Waals surface area contributed by atoms with Gasteiger partial charge < -0.3 is 15.1 Å². The highest BCUT2D eigenvalue weighted by Crippen LogP contribution is 2.19. The molecule has 0 aliphatic rings. The van der Waals surface area contributed by atoms with E-state index in [2.05, 4.69) is 0 Å². The Kier molecular flexibility index (Phi) is 4.58. The molecule has 1 amide bonds. The molecule has 1 heterocycles. The lowest BCUT2D eigenvalue weighted by Crippen LogP contribution is -2.34. The molecular weight excluding hydrogens is 252 g/mol. The zero-order valence-corrected chi connectivity index (χ0v) is 11.9. The summed E-state index contributed by atoms with van der Waals surface area (Å²) in [6.45, 7) is 2.73. The standard InChI is InChI=1S/C16H20N2O2/c1-12-14(8-9-20-12)11-18(2)16(19)15(10-17)13-6-4-3-5-7-13/h3-9,15H,10-11,17H2,1-2H3. The zero-order chi connectivity index (χ0) is 14.5. The number of furan rings is 1. The van der Waals surface area contributed by atoms with Gasteiger partial charge in [-0.25, -0.2) is 0 Å². The molecule has 0 saturated carbocycles. The maximum Gasteiger partial charge on any atom is 0.231 e.